The highest BCUT2D eigenvalue weighted by molar-refractivity contribution is 6.35. The smallest absolute Gasteiger partial charge is 0.330 e. The van der Waals surface area contributed by atoms with Gasteiger partial charge >= 0.3 is 5.69 Å². The Labute approximate surface area is 189 Å². The average molecular weight is 455 g/mol. The Bertz CT molecular complexity index is 1290. The van der Waals surface area contributed by atoms with Crippen LogP contribution in [0.1, 0.15) is 5.56 Å². The summed E-state index contributed by atoms with van der Waals surface area (Å²) >= 11 is 12.2. The van der Waals surface area contributed by atoms with Gasteiger partial charge in [0.15, 0.2) is 5.65 Å². The second kappa shape index (κ2) is 8.96. The molecule has 0 bridgehead atoms. The standard InChI is InChI=1S/C23H20Cl2N4O2/c1-28-20-11-17(16-9-18(24)12-19(25)10-16)13-27-22(20)29(23(28)31)14-21(30)26-8-7-15-5-3-2-4-6-15/h2-6,9-13H,7-8,14H2,1H3,(H,26,30). The lowest BCUT2D eigenvalue weighted by Crippen LogP contribution is -2.33. The van der Waals surface area contributed by atoms with E-state index in [0.717, 1.165) is 23.1 Å². The van der Waals surface area contributed by atoms with Gasteiger partial charge in [0, 0.05) is 35.4 Å². The minimum atomic E-state index is -0.304. The lowest BCUT2D eigenvalue weighted by atomic mass is 10.1. The van der Waals surface area contributed by atoms with Crippen LogP contribution in [-0.4, -0.2) is 26.6 Å². The Morgan fingerprint density at radius 1 is 1.03 bits per heavy atom. The number of rotatable bonds is 6. The molecule has 4 aromatic rings. The van der Waals surface area contributed by atoms with Gasteiger partial charge in [-0.05, 0) is 41.8 Å². The number of carbonyl (C=O) groups excluding carboxylic acids is 1. The minimum Gasteiger partial charge on any atom is -0.354 e. The maximum absolute atomic E-state index is 12.7. The molecule has 2 aromatic heterocycles. The fraction of sp³-hybridized carbons (Fsp3) is 0.174. The number of nitrogens with zero attached hydrogens (tertiary/aromatic N) is 3. The van der Waals surface area contributed by atoms with Crippen molar-refractivity contribution in [1.82, 2.24) is 19.4 Å². The third-order valence-electron chi connectivity index (χ3n) is 5.06. The maximum atomic E-state index is 12.7. The molecule has 6 nitrogen and oxygen atoms in total. The molecule has 0 unspecified atom stereocenters. The highest BCUT2D eigenvalue weighted by Crippen LogP contribution is 2.28. The summed E-state index contributed by atoms with van der Waals surface area (Å²) in [6.07, 6.45) is 2.37. The number of nitrogens with one attached hydrogen (secondary N) is 1. The predicted molar refractivity (Wildman–Crippen MR) is 124 cm³/mol. The van der Waals surface area contributed by atoms with E-state index in [2.05, 4.69) is 10.3 Å². The van der Waals surface area contributed by atoms with Crippen LogP contribution in [0.4, 0.5) is 0 Å². The Morgan fingerprint density at radius 3 is 2.45 bits per heavy atom. The topological polar surface area (TPSA) is 68.9 Å². The summed E-state index contributed by atoms with van der Waals surface area (Å²) < 4.78 is 2.86. The molecule has 31 heavy (non-hydrogen) atoms. The Kier molecular flexibility index (Phi) is 6.11. The summed E-state index contributed by atoms with van der Waals surface area (Å²) in [5.74, 6) is -0.238. The van der Waals surface area contributed by atoms with Gasteiger partial charge in [-0.3, -0.25) is 13.9 Å². The number of aromatic nitrogens is 3. The van der Waals surface area contributed by atoms with Crippen LogP contribution in [0.2, 0.25) is 10.0 Å². The first-order valence-electron chi connectivity index (χ1n) is 9.75. The fourth-order valence-electron chi connectivity index (χ4n) is 3.49. The third-order valence-corrected chi connectivity index (χ3v) is 5.49. The van der Waals surface area contributed by atoms with Crippen LogP contribution in [0.5, 0.6) is 0 Å². The van der Waals surface area contributed by atoms with Crippen LogP contribution in [0.3, 0.4) is 0 Å². The van der Waals surface area contributed by atoms with Gasteiger partial charge in [-0.2, -0.15) is 0 Å². The Morgan fingerprint density at radius 2 is 1.74 bits per heavy atom. The van der Waals surface area contributed by atoms with Crippen molar-refractivity contribution >= 4 is 40.3 Å². The summed E-state index contributed by atoms with van der Waals surface area (Å²) in [6.45, 7) is 0.399. The van der Waals surface area contributed by atoms with Crippen LogP contribution in [0.15, 0.2) is 65.6 Å². The van der Waals surface area contributed by atoms with E-state index in [1.54, 1.807) is 31.4 Å². The molecule has 0 atom stereocenters. The number of pyridine rings is 1. The molecule has 0 aliphatic rings. The molecule has 0 aliphatic carbocycles. The summed E-state index contributed by atoms with van der Waals surface area (Å²) in [5, 5.41) is 3.90. The van der Waals surface area contributed by atoms with E-state index in [1.165, 1.54) is 9.13 Å². The molecule has 158 valence electrons. The fourth-order valence-corrected chi connectivity index (χ4v) is 4.01. The molecular formula is C23H20Cl2N4O2. The molecule has 2 heterocycles. The van der Waals surface area contributed by atoms with Gasteiger partial charge in [0.25, 0.3) is 0 Å². The van der Waals surface area contributed by atoms with Gasteiger partial charge in [0.1, 0.15) is 6.54 Å². The molecule has 1 N–H and O–H groups in total. The zero-order valence-electron chi connectivity index (χ0n) is 16.8. The normalized spacial score (nSPS) is 11.1. The molecule has 0 radical (unpaired) electrons. The van der Waals surface area contributed by atoms with Gasteiger partial charge in [-0.15, -0.1) is 0 Å². The quantitative estimate of drug-likeness (QED) is 0.477. The van der Waals surface area contributed by atoms with Crippen molar-refractivity contribution in [1.29, 1.82) is 0 Å². The number of aryl methyl sites for hydroxylation is 1. The largest absolute Gasteiger partial charge is 0.354 e. The van der Waals surface area contributed by atoms with Gasteiger partial charge in [-0.25, -0.2) is 9.78 Å². The SMILES string of the molecule is Cn1c(=O)n(CC(=O)NCCc2ccccc2)c2ncc(-c3cc(Cl)cc(Cl)c3)cc21. The molecule has 2 aromatic carbocycles. The third kappa shape index (κ3) is 4.65. The molecule has 0 spiro atoms. The Hall–Kier alpha value is -3.09. The number of carbonyl (C=O) groups is 1. The van der Waals surface area contributed by atoms with E-state index in [0.29, 0.717) is 27.8 Å². The second-order valence-electron chi connectivity index (χ2n) is 7.24. The van der Waals surface area contributed by atoms with Crippen LogP contribution in [0.25, 0.3) is 22.3 Å². The van der Waals surface area contributed by atoms with Gasteiger partial charge in [0.2, 0.25) is 5.91 Å². The second-order valence-corrected chi connectivity index (χ2v) is 8.11. The van der Waals surface area contributed by atoms with Crippen LogP contribution in [-0.2, 0) is 24.8 Å². The van der Waals surface area contributed by atoms with E-state index in [9.17, 15) is 9.59 Å². The monoisotopic (exact) mass is 454 g/mol. The van der Waals surface area contributed by atoms with Crippen LogP contribution >= 0.6 is 23.2 Å². The van der Waals surface area contributed by atoms with Gasteiger partial charge in [-0.1, -0.05) is 53.5 Å². The number of hydrogen-bond donors (Lipinski definition) is 1. The highest BCUT2D eigenvalue weighted by atomic mass is 35.5. The number of imidazole rings is 1. The number of amides is 1. The molecule has 1 amide bonds. The van der Waals surface area contributed by atoms with Crippen molar-refractivity contribution in [2.24, 2.45) is 7.05 Å². The van der Waals surface area contributed by atoms with Crippen molar-refractivity contribution in [3.05, 3.63) is 86.9 Å². The molecule has 0 saturated heterocycles. The average Bonchev–Trinajstić information content (AvgIpc) is 2.98. The van der Waals surface area contributed by atoms with E-state index in [-0.39, 0.29) is 18.1 Å². The summed E-state index contributed by atoms with van der Waals surface area (Å²) in [5.41, 5.74) is 3.48. The first-order chi connectivity index (χ1) is 14.9. The van der Waals surface area contributed by atoms with Crippen molar-refractivity contribution in [3.63, 3.8) is 0 Å². The van der Waals surface area contributed by atoms with Crippen molar-refractivity contribution < 1.29 is 4.79 Å². The number of hydrogen-bond acceptors (Lipinski definition) is 3. The van der Waals surface area contributed by atoms with Crippen molar-refractivity contribution in [2.75, 3.05) is 6.54 Å². The molecular weight excluding hydrogens is 435 g/mol. The molecule has 0 aliphatic heterocycles. The lowest BCUT2D eigenvalue weighted by Gasteiger charge is -2.07. The zero-order valence-corrected chi connectivity index (χ0v) is 18.3. The zero-order chi connectivity index (χ0) is 22.0. The highest BCUT2D eigenvalue weighted by Gasteiger charge is 2.16. The summed E-state index contributed by atoms with van der Waals surface area (Å²) in [7, 11) is 1.66. The molecule has 0 fully saturated rings. The molecule has 0 saturated carbocycles. The van der Waals surface area contributed by atoms with Gasteiger partial charge < -0.3 is 5.32 Å². The summed E-state index contributed by atoms with van der Waals surface area (Å²) in [4.78, 5) is 29.6. The lowest BCUT2D eigenvalue weighted by molar-refractivity contribution is -0.121. The minimum absolute atomic E-state index is 0.0969. The van der Waals surface area contributed by atoms with Crippen LogP contribution in [0, 0.1) is 0 Å². The first-order valence-corrected chi connectivity index (χ1v) is 10.5. The number of fused-ring (bicyclic) bond motifs is 1. The number of halogens is 2. The van der Waals surface area contributed by atoms with Crippen molar-refractivity contribution in [2.45, 2.75) is 13.0 Å². The van der Waals surface area contributed by atoms with Crippen LogP contribution < -0.4 is 11.0 Å². The van der Waals surface area contributed by atoms with E-state index in [4.69, 9.17) is 23.2 Å². The molecule has 8 heteroatoms. The maximum Gasteiger partial charge on any atom is 0.330 e. The van der Waals surface area contributed by atoms with E-state index < -0.39 is 0 Å². The van der Waals surface area contributed by atoms with Gasteiger partial charge in [0.05, 0.1) is 5.52 Å². The predicted octanol–water partition coefficient (Wildman–Crippen LogP) is 4.07. The van der Waals surface area contributed by atoms with Crippen molar-refractivity contribution in [3.8, 4) is 11.1 Å². The van der Waals surface area contributed by atoms with E-state index in [1.807, 2.05) is 36.4 Å². The number of benzene rings is 2. The molecule has 4 rings (SSSR count). The van der Waals surface area contributed by atoms with E-state index >= 15 is 0 Å². The first kappa shape index (κ1) is 21.2. The Balaban J connectivity index is 1.55. The summed E-state index contributed by atoms with van der Waals surface area (Å²) in [6, 6.07) is 17.0.